The fraction of sp³-hybridized carbons (Fsp3) is 0.571. The Morgan fingerprint density at radius 2 is 2.19 bits per heavy atom. The van der Waals surface area contributed by atoms with E-state index in [0.717, 1.165) is 25.9 Å². The fourth-order valence-corrected chi connectivity index (χ4v) is 2.42. The zero-order valence-corrected chi connectivity index (χ0v) is 9.99. The predicted molar refractivity (Wildman–Crippen MR) is 66.3 cm³/mol. The Morgan fingerprint density at radius 1 is 1.38 bits per heavy atom. The van der Waals surface area contributed by atoms with Gasteiger partial charge in [-0.2, -0.15) is 0 Å². The summed E-state index contributed by atoms with van der Waals surface area (Å²) >= 11 is 0. The van der Waals surface area contributed by atoms with Crippen LogP contribution in [0.4, 0.5) is 0 Å². The summed E-state index contributed by atoms with van der Waals surface area (Å²) in [7, 11) is 0. The van der Waals surface area contributed by atoms with Crippen LogP contribution >= 0.6 is 0 Å². The zero-order valence-electron chi connectivity index (χ0n) is 9.99. The molecule has 0 fully saturated rings. The number of hydrogen-bond donors (Lipinski definition) is 1. The highest BCUT2D eigenvalue weighted by atomic mass is 16.5. The number of aryl methyl sites for hydroxylation is 1. The van der Waals surface area contributed by atoms with Crippen molar-refractivity contribution in [1.29, 1.82) is 0 Å². The Bertz CT molecular complexity index is 335. The van der Waals surface area contributed by atoms with Gasteiger partial charge in [0.15, 0.2) is 0 Å². The molecule has 2 nitrogen and oxygen atoms in total. The van der Waals surface area contributed by atoms with E-state index in [-0.39, 0.29) is 12.1 Å². The van der Waals surface area contributed by atoms with E-state index in [9.17, 15) is 0 Å². The lowest BCUT2D eigenvalue weighted by molar-refractivity contribution is 0.0305. The maximum Gasteiger partial charge on any atom is 0.0767 e. The van der Waals surface area contributed by atoms with E-state index in [1.54, 1.807) is 0 Å². The van der Waals surface area contributed by atoms with Gasteiger partial charge < -0.3 is 10.5 Å². The minimum Gasteiger partial charge on any atom is -0.376 e. The topological polar surface area (TPSA) is 35.2 Å². The molecule has 2 atom stereocenters. The van der Waals surface area contributed by atoms with E-state index in [0.29, 0.717) is 0 Å². The van der Waals surface area contributed by atoms with E-state index in [1.807, 2.05) is 0 Å². The monoisotopic (exact) mass is 219 g/mol. The molecule has 2 heteroatoms. The van der Waals surface area contributed by atoms with Gasteiger partial charge in [-0.05, 0) is 36.8 Å². The van der Waals surface area contributed by atoms with E-state index < -0.39 is 0 Å². The molecule has 0 aromatic heterocycles. The second kappa shape index (κ2) is 5.46. The van der Waals surface area contributed by atoms with Crippen LogP contribution in [0.15, 0.2) is 24.3 Å². The lowest BCUT2D eigenvalue weighted by Crippen LogP contribution is -2.28. The standard InChI is InChI=1S/C14H21NO/c1-2-10-16-13-9-5-7-11-6-3-4-8-12(11)14(13)15/h3-4,6,8,13-14H,2,5,7,9-10,15H2,1H3. The summed E-state index contributed by atoms with van der Waals surface area (Å²) in [4.78, 5) is 0. The van der Waals surface area contributed by atoms with Crippen molar-refractivity contribution in [2.75, 3.05) is 6.61 Å². The van der Waals surface area contributed by atoms with Crippen LogP contribution in [0.25, 0.3) is 0 Å². The molecular weight excluding hydrogens is 198 g/mol. The lowest BCUT2D eigenvalue weighted by Gasteiger charge is -2.23. The van der Waals surface area contributed by atoms with Crippen molar-refractivity contribution in [2.24, 2.45) is 5.73 Å². The van der Waals surface area contributed by atoms with Crippen LogP contribution in [0.3, 0.4) is 0 Å². The lowest BCUT2D eigenvalue weighted by atomic mass is 9.98. The number of ether oxygens (including phenoxy) is 1. The molecule has 0 heterocycles. The smallest absolute Gasteiger partial charge is 0.0767 e. The number of fused-ring (bicyclic) bond motifs is 1. The largest absolute Gasteiger partial charge is 0.376 e. The van der Waals surface area contributed by atoms with Crippen LogP contribution in [0.5, 0.6) is 0 Å². The summed E-state index contributed by atoms with van der Waals surface area (Å²) in [5, 5.41) is 0. The van der Waals surface area contributed by atoms with Crippen molar-refractivity contribution in [3.05, 3.63) is 35.4 Å². The first-order chi connectivity index (χ1) is 7.83. The molecule has 0 amide bonds. The van der Waals surface area contributed by atoms with E-state index in [2.05, 4.69) is 31.2 Å². The van der Waals surface area contributed by atoms with Gasteiger partial charge in [-0.25, -0.2) is 0 Å². The highest BCUT2D eigenvalue weighted by Gasteiger charge is 2.24. The molecule has 1 aromatic carbocycles. The third-order valence-corrected chi connectivity index (χ3v) is 3.29. The number of benzene rings is 1. The third-order valence-electron chi connectivity index (χ3n) is 3.29. The molecule has 1 aromatic rings. The quantitative estimate of drug-likeness (QED) is 0.793. The summed E-state index contributed by atoms with van der Waals surface area (Å²) in [5.74, 6) is 0. The molecule has 88 valence electrons. The van der Waals surface area contributed by atoms with Crippen molar-refractivity contribution >= 4 is 0 Å². The van der Waals surface area contributed by atoms with Crippen LogP contribution in [0, 0.1) is 0 Å². The first-order valence-corrected chi connectivity index (χ1v) is 6.28. The van der Waals surface area contributed by atoms with Crippen molar-refractivity contribution in [2.45, 2.75) is 44.8 Å². The summed E-state index contributed by atoms with van der Waals surface area (Å²) in [6.07, 6.45) is 4.65. The molecule has 1 aliphatic carbocycles. The molecule has 16 heavy (non-hydrogen) atoms. The summed E-state index contributed by atoms with van der Waals surface area (Å²) < 4.78 is 5.86. The third kappa shape index (κ3) is 2.45. The second-order valence-corrected chi connectivity index (χ2v) is 4.53. The molecule has 2 unspecified atom stereocenters. The van der Waals surface area contributed by atoms with Gasteiger partial charge in [-0.3, -0.25) is 0 Å². The highest BCUT2D eigenvalue weighted by Crippen LogP contribution is 2.28. The van der Waals surface area contributed by atoms with Gasteiger partial charge in [0.25, 0.3) is 0 Å². The first kappa shape index (κ1) is 11.6. The van der Waals surface area contributed by atoms with Crippen LogP contribution < -0.4 is 5.73 Å². The minimum absolute atomic E-state index is 0.0465. The van der Waals surface area contributed by atoms with Crippen LogP contribution in [0.1, 0.15) is 43.4 Å². The molecular formula is C14H21NO. The Morgan fingerprint density at radius 3 is 3.00 bits per heavy atom. The average molecular weight is 219 g/mol. The van der Waals surface area contributed by atoms with Gasteiger partial charge in [0.05, 0.1) is 12.1 Å². The molecule has 0 saturated carbocycles. The molecule has 2 rings (SSSR count). The first-order valence-electron chi connectivity index (χ1n) is 6.28. The van der Waals surface area contributed by atoms with E-state index >= 15 is 0 Å². The zero-order chi connectivity index (χ0) is 11.4. The van der Waals surface area contributed by atoms with E-state index in [4.69, 9.17) is 10.5 Å². The summed E-state index contributed by atoms with van der Waals surface area (Å²) in [5.41, 5.74) is 8.99. The maximum absolute atomic E-state index is 6.31. The van der Waals surface area contributed by atoms with Crippen molar-refractivity contribution in [3.8, 4) is 0 Å². The minimum atomic E-state index is 0.0465. The summed E-state index contributed by atoms with van der Waals surface area (Å²) in [6, 6.07) is 8.55. The van der Waals surface area contributed by atoms with Crippen LogP contribution in [-0.4, -0.2) is 12.7 Å². The Balaban J connectivity index is 2.16. The van der Waals surface area contributed by atoms with Gasteiger partial charge in [0.1, 0.15) is 0 Å². The van der Waals surface area contributed by atoms with Crippen molar-refractivity contribution < 1.29 is 4.74 Å². The highest BCUT2D eigenvalue weighted by molar-refractivity contribution is 5.31. The number of rotatable bonds is 3. The molecule has 0 spiro atoms. The summed E-state index contributed by atoms with van der Waals surface area (Å²) in [6.45, 7) is 2.96. The van der Waals surface area contributed by atoms with Crippen molar-refractivity contribution in [1.82, 2.24) is 0 Å². The van der Waals surface area contributed by atoms with Gasteiger partial charge in [0.2, 0.25) is 0 Å². The molecule has 0 aliphatic heterocycles. The predicted octanol–water partition coefficient (Wildman–Crippen LogP) is 2.82. The molecule has 0 radical (unpaired) electrons. The van der Waals surface area contributed by atoms with Crippen LogP contribution in [-0.2, 0) is 11.2 Å². The number of hydrogen-bond acceptors (Lipinski definition) is 2. The molecule has 0 saturated heterocycles. The van der Waals surface area contributed by atoms with Gasteiger partial charge in [0, 0.05) is 6.61 Å². The maximum atomic E-state index is 6.31. The normalized spacial score (nSPS) is 24.9. The molecule has 0 bridgehead atoms. The Labute approximate surface area is 97.8 Å². The van der Waals surface area contributed by atoms with Crippen LogP contribution in [0.2, 0.25) is 0 Å². The Kier molecular flexibility index (Phi) is 3.97. The SMILES string of the molecule is CCCOC1CCCc2ccccc2C1N. The van der Waals surface area contributed by atoms with Gasteiger partial charge in [-0.15, -0.1) is 0 Å². The molecule has 2 N–H and O–H groups in total. The molecule has 1 aliphatic rings. The van der Waals surface area contributed by atoms with Crippen molar-refractivity contribution in [3.63, 3.8) is 0 Å². The average Bonchev–Trinajstić information content (AvgIpc) is 2.47. The van der Waals surface area contributed by atoms with Gasteiger partial charge >= 0.3 is 0 Å². The fourth-order valence-electron chi connectivity index (χ4n) is 2.42. The number of nitrogens with two attached hydrogens (primary N) is 1. The van der Waals surface area contributed by atoms with E-state index in [1.165, 1.54) is 17.5 Å². The second-order valence-electron chi connectivity index (χ2n) is 4.53. The van der Waals surface area contributed by atoms with Gasteiger partial charge in [-0.1, -0.05) is 31.2 Å². The Hall–Kier alpha value is -0.860.